The van der Waals surface area contributed by atoms with Crippen molar-refractivity contribution in [3.05, 3.63) is 161 Å². The summed E-state index contributed by atoms with van der Waals surface area (Å²) in [7, 11) is 2.96. The van der Waals surface area contributed by atoms with E-state index in [0.29, 0.717) is 146 Å². The van der Waals surface area contributed by atoms with E-state index in [1.807, 2.05) is 86.9 Å². The van der Waals surface area contributed by atoms with E-state index in [9.17, 15) is 48.3 Å². The van der Waals surface area contributed by atoms with Gasteiger partial charge < -0.3 is 97.8 Å². The van der Waals surface area contributed by atoms with Gasteiger partial charge in [-0.05, 0) is 88.3 Å². The Morgan fingerprint density at radius 1 is 0.560 bits per heavy atom. The number of allylic oxidation sites excluding steroid dienone is 11. The number of nitrogens with one attached hydrogen (secondary N) is 4. The molecule has 3 aromatic carbocycles. The van der Waals surface area contributed by atoms with Crippen molar-refractivity contribution >= 4 is 76.6 Å². The van der Waals surface area contributed by atoms with Crippen molar-refractivity contribution in [3.63, 3.8) is 0 Å². The van der Waals surface area contributed by atoms with Gasteiger partial charge in [-0.2, -0.15) is 0 Å². The second-order valence-electron chi connectivity index (χ2n) is 27.5. The van der Waals surface area contributed by atoms with E-state index in [1.165, 1.54) is 43.1 Å². The summed E-state index contributed by atoms with van der Waals surface area (Å²) in [4.78, 5) is 128. The number of unbranched alkanes of at least 4 members (excludes halogenated alkanes) is 2. The molecule has 2 unspecified atom stereocenters. The fourth-order valence-corrected chi connectivity index (χ4v) is 12.8. The van der Waals surface area contributed by atoms with Crippen LogP contribution in [0.1, 0.15) is 98.4 Å². The molecule has 32 heteroatoms. The Kier molecular flexibility index (Phi) is 36.9. The van der Waals surface area contributed by atoms with Crippen molar-refractivity contribution in [3.8, 4) is 23.0 Å². The van der Waals surface area contributed by atoms with E-state index in [4.69, 9.17) is 61.6 Å². The number of aliphatic imine (C=N–C) groups is 1. The third kappa shape index (κ3) is 27.8. The van der Waals surface area contributed by atoms with Gasteiger partial charge in [-0.25, -0.2) is 9.69 Å². The third-order valence-electron chi connectivity index (χ3n) is 18.9. The average molecular weight is 1610 g/mol. The molecular weight excluding hydrogens is 1500 g/mol. The number of carbonyl (C=O) groups is 9. The number of likely N-dealkylation sites (tertiary alicyclic amines) is 1. The molecule has 5 aliphatic heterocycles. The summed E-state index contributed by atoms with van der Waals surface area (Å²) in [6, 6.07) is 10.9. The number of hydrogen-bond acceptors (Lipinski definition) is 24. The lowest BCUT2D eigenvalue weighted by molar-refractivity contribution is -0.139. The lowest BCUT2D eigenvalue weighted by atomic mass is 9.96. The van der Waals surface area contributed by atoms with Gasteiger partial charge in [0.2, 0.25) is 35.4 Å². The quantitative estimate of drug-likeness (QED) is 0.0271. The van der Waals surface area contributed by atoms with Crippen LogP contribution < -0.4 is 45.1 Å². The molecule has 0 spiro atoms. The number of methoxy groups -OCH3 is 2. The van der Waals surface area contributed by atoms with Crippen LogP contribution in [0.3, 0.4) is 0 Å². The number of imide groups is 1. The minimum absolute atomic E-state index is 0.00367. The molecular formula is C84H107N9O23. The van der Waals surface area contributed by atoms with Crippen molar-refractivity contribution in [2.75, 3.05) is 163 Å². The smallest absolute Gasteiger partial charge is 0.416 e. The van der Waals surface area contributed by atoms with Gasteiger partial charge in [0.05, 0.1) is 180 Å². The van der Waals surface area contributed by atoms with Gasteiger partial charge in [-0.15, -0.1) is 0 Å². The topological polar surface area (TPSA) is 367 Å². The second kappa shape index (κ2) is 48.0. The molecule has 32 nitrogen and oxygen atoms in total. The second-order valence-corrected chi connectivity index (χ2v) is 27.5. The molecule has 5 N–H and O–H groups in total. The number of amides is 9. The van der Waals surface area contributed by atoms with Gasteiger partial charge in [0, 0.05) is 68.8 Å². The Labute approximate surface area is 675 Å². The van der Waals surface area contributed by atoms with Crippen LogP contribution in [0, 0.1) is 5.92 Å². The highest BCUT2D eigenvalue weighted by Crippen LogP contribution is 2.43. The molecule has 116 heavy (non-hydrogen) atoms. The molecule has 9 amide bonds. The van der Waals surface area contributed by atoms with Gasteiger partial charge >= 0.3 is 6.09 Å². The van der Waals surface area contributed by atoms with Crippen LogP contribution in [0.15, 0.2) is 149 Å². The summed E-state index contributed by atoms with van der Waals surface area (Å²) in [5.74, 6) is -2.30. The van der Waals surface area contributed by atoms with Crippen LogP contribution in [-0.2, 0) is 78.0 Å². The zero-order valence-electron chi connectivity index (χ0n) is 66.5. The number of benzene rings is 3. The lowest BCUT2D eigenvalue weighted by Crippen LogP contribution is -2.50. The number of hydrogen-bond donors (Lipinski definition) is 5. The van der Waals surface area contributed by atoms with Gasteiger partial charge in [0.1, 0.15) is 12.6 Å². The highest BCUT2D eigenvalue weighted by Gasteiger charge is 2.46. The number of fused-ring (bicyclic) bond motifs is 4. The summed E-state index contributed by atoms with van der Waals surface area (Å²) in [6.07, 6.45) is 26.3. The first-order valence-corrected chi connectivity index (χ1v) is 39.0. The Morgan fingerprint density at radius 2 is 1.09 bits per heavy atom. The molecule has 0 bridgehead atoms. The molecule has 1 saturated heterocycles. The molecule has 6 aliphatic rings. The normalized spacial score (nSPS) is 18.8. The molecule has 9 rings (SSSR count). The Balaban J connectivity index is 0.545. The Hall–Kier alpha value is -10.7. The Bertz CT molecular complexity index is 4130. The van der Waals surface area contributed by atoms with Crippen molar-refractivity contribution in [2.45, 2.75) is 103 Å². The van der Waals surface area contributed by atoms with Crippen molar-refractivity contribution in [2.24, 2.45) is 10.9 Å². The van der Waals surface area contributed by atoms with E-state index in [0.717, 1.165) is 28.0 Å². The minimum atomic E-state index is -1.53. The fourth-order valence-electron chi connectivity index (χ4n) is 12.8. The molecule has 626 valence electrons. The van der Waals surface area contributed by atoms with Crippen LogP contribution in [0.4, 0.5) is 21.9 Å². The molecule has 0 aromatic heterocycles. The third-order valence-corrected chi connectivity index (χ3v) is 18.9. The van der Waals surface area contributed by atoms with Gasteiger partial charge in [-0.1, -0.05) is 90.1 Å². The molecule has 1 fully saturated rings. The van der Waals surface area contributed by atoms with Crippen molar-refractivity contribution in [1.82, 2.24) is 30.7 Å². The molecule has 5 atom stereocenters. The molecule has 5 heterocycles. The van der Waals surface area contributed by atoms with Crippen molar-refractivity contribution < 1.29 is 110 Å². The van der Waals surface area contributed by atoms with Crippen LogP contribution >= 0.6 is 0 Å². The highest BCUT2D eigenvalue weighted by molar-refractivity contribution is 6.08. The van der Waals surface area contributed by atoms with Crippen LogP contribution in [0.2, 0.25) is 0 Å². The molecule has 1 aliphatic carbocycles. The summed E-state index contributed by atoms with van der Waals surface area (Å²) >= 11 is 0. The number of aliphatic hydroxyl groups is 1. The molecule has 3 aromatic rings. The Morgan fingerprint density at radius 3 is 1.71 bits per heavy atom. The number of aliphatic hydroxyl groups excluding tert-OH is 1. The highest BCUT2D eigenvalue weighted by atomic mass is 16.6. The summed E-state index contributed by atoms with van der Waals surface area (Å²) in [6.45, 7) is 10.9. The first-order valence-electron chi connectivity index (χ1n) is 39.0. The summed E-state index contributed by atoms with van der Waals surface area (Å²) in [5.41, 5.74) is 4.63. The summed E-state index contributed by atoms with van der Waals surface area (Å²) in [5, 5.41) is 22.5. The van der Waals surface area contributed by atoms with Gasteiger partial charge in [0.15, 0.2) is 29.2 Å². The number of anilines is 2. The number of ether oxygens (including phenoxy) is 13. The van der Waals surface area contributed by atoms with Crippen LogP contribution in [0.25, 0.3) is 0 Å². The largest absolute Gasteiger partial charge is 0.493 e. The number of nitrogens with zero attached hydrogens (tertiary/aromatic N) is 5. The zero-order chi connectivity index (χ0) is 82.4. The predicted molar refractivity (Wildman–Crippen MR) is 427 cm³/mol. The van der Waals surface area contributed by atoms with E-state index in [2.05, 4.69) is 26.3 Å². The lowest BCUT2D eigenvalue weighted by Gasteiger charge is -2.31. The van der Waals surface area contributed by atoms with E-state index >= 15 is 0 Å². The monoisotopic (exact) mass is 1610 g/mol. The maximum atomic E-state index is 14.2. The van der Waals surface area contributed by atoms with Crippen LogP contribution in [0.5, 0.6) is 23.0 Å². The van der Waals surface area contributed by atoms with Crippen LogP contribution in [-0.4, -0.2) is 257 Å². The van der Waals surface area contributed by atoms with Gasteiger partial charge in [-0.3, -0.25) is 48.2 Å². The number of rotatable bonds is 48. The van der Waals surface area contributed by atoms with Crippen molar-refractivity contribution in [1.29, 1.82) is 0 Å². The standard InChI is InChI=1S/C84H107N9O23/c1-58-46-64-53-86-68-51-73(71(104-4)48-66(68)81(100)91(64)55-58)114-28-16-13-17-29-115-74-52-69-67(49-72(74)105-5)82(101)92-56-59(2)47-70(92)83(102)93(69)84(103)116-57-61-20-22-63(23-21-61)89-79(98)60(3)88-77(96)54-87-76(95)25-30-106-32-34-108-36-38-110-40-42-112-44-45-113-43-41-111-39-37-109-35-33-107-31-26-85-75(94)24-27-90-78(97)50-65(80(90)99)62-18-14-11-9-7-6-8-10-12-15-19-62/h6-12,14-15,18-23,48-49,51-53,55-56,60,64-65,70,83,102H,13,16-17,24-47,50,54,57H2,1-5H3,(H,85,94)(H,87,95)(H,88,96)(H,89,98)/b7-6-,8-6?,9-7?,10-8-,11-9-,12-10?,14-11?,15-12-,18-14?,19-15?,62-18?,62-19?/t60?,64-,65?,70-,83-/m0/s1. The first kappa shape index (κ1) is 89.3. The molecule has 0 saturated carbocycles. The fraction of sp³-hybridized carbons (Fsp3) is 0.476. The first-order chi connectivity index (χ1) is 56.4. The van der Waals surface area contributed by atoms with E-state index in [1.54, 1.807) is 53.7 Å². The van der Waals surface area contributed by atoms with E-state index < -0.39 is 54.0 Å². The predicted octanol–water partition coefficient (Wildman–Crippen LogP) is 7.44. The summed E-state index contributed by atoms with van der Waals surface area (Å²) < 4.78 is 73.6. The maximum absolute atomic E-state index is 14.2. The van der Waals surface area contributed by atoms with Gasteiger partial charge in [0.25, 0.3) is 11.8 Å². The minimum Gasteiger partial charge on any atom is -0.493 e. The average Bonchev–Trinajstić information content (AvgIpc) is 1.61. The zero-order valence-corrected chi connectivity index (χ0v) is 66.5. The SMILES string of the molecule is COc1cc2c(cc1OCCCCCOc1cc3c(cc1OC)C(=O)N1C=C(C)C[C@H]1[C@H](O)N3C(=O)OCc1ccc(NC(=O)C(C)NC(=O)CNC(=O)CCOCCOCCOCCOCCOCCOCCOCCOCCNC(=O)CCN3C(=O)CC(C4=C\C=C/C=C\C=C/C=C\C=C4)C3=O)cc1)N=C[C@@H]1CC(C)=CN1C2=O. The van der Waals surface area contributed by atoms with E-state index in [-0.39, 0.29) is 131 Å². The number of carbonyl (C=O) groups excluding carboxylic acids is 9. The molecule has 0 radical (unpaired) electrons. The maximum Gasteiger partial charge on any atom is 0.416 e.